The van der Waals surface area contributed by atoms with Crippen LogP contribution in [-0.4, -0.2) is 45.9 Å². The molecule has 3 heterocycles. The Balaban J connectivity index is 1.55. The average molecular weight is 328 g/mol. The van der Waals surface area contributed by atoms with Crippen molar-refractivity contribution in [1.82, 2.24) is 19.6 Å². The minimum absolute atomic E-state index is 0.0880. The van der Waals surface area contributed by atoms with E-state index in [9.17, 15) is 9.59 Å². The van der Waals surface area contributed by atoms with Crippen LogP contribution in [0.2, 0.25) is 0 Å². The minimum atomic E-state index is -0.350. The first kappa shape index (κ1) is 16.6. The van der Waals surface area contributed by atoms with Gasteiger partial charge in [0.1, 0.15) is 11.2 Å². The number of rotatable bonds is 5. The molecule has 1 amide bonds. The molecular weight excluding hydrogens is 304 g/mol. The summed E-state index contributed by atoms with van der Waals surface area (Å²) in [5.74, 6) is -0.350. The molecule has 2 aromatic heterocycles. The highest BCUT2D eigenvalue weighted by Crippen LogP contribution is 2.16. The van der Waals surface area contributed by atoms with Crippen molar-refractivity contribution < 1.29 is 4.79 Å². The van der Waals surface area contributed by atoms with E-state index in [0.717, 1.165) is 19.5 Å². The fourth-order valence-electron chi connectivity index (χ4n) is 3.25. The lowest BCUT2D eigenvalue weighted by Crippen LogP contribution is -2.39. The number of amides is 1. The Morgan fingerprint density at radius 3 is 3.08 bits per heavy atom. The Morgan fingerprint density at radius 2 is 2.25 bits per heavy atom. The van der Waals surface area contributed by atoms with Crippen LogP contribution in [0.1, 0.15) is 43.0 Å². The third kappa shape index (κ3) is 3.64. The predicted octanol–water partition coefficient (Wildman–Crippen LogP) is 1.69. The maximum Gasteiger partial charge on any atom is 0.270 e. The van der Waals surface area contributed by atoms with Crippen molar-refractivity contribution >= 4 is 11.6 Å². The molecule has 0 aromatic carbocycles. The molecule has 1 fully saturated rings. The van der Waals surface area contributed by atoms with Crippen molar-refractivity contribution in [2.75, 3.05) is 19.6 Å². The molecule has 0 aliphatic carbocycles. The number of carbonyl (C=O) groups excluding carboxylic acids is 1. The van der Waals surface area contributed by atoms with Gasteiger partial charge in [0.05, 0.1) is 0 Å². The largest absolute Gasteiger partial charge is 0.352 e. The number of hydrogen-bond acceptors (Lipinski definition) is 4. The van der Waals surface area contributed by atoms with Gasteiger partial charge in [0.25, 0.3) is 11.5 Å². The molecule has 0 spiro atoms. The van der Waals surface area contributed by atoms with Gasteiger partial charge in [0.2, 0.25) is 0 Å². The molecule has 0 bridgehead atoms. The number of likely N-dealkylation sites (tertiary alicyclic amines) is 1. The van der Waals surface area contributed by atoms with Gasteiger partial charge in [-0.1, -0.05) is 12.5 Å². The van der Waals surface area contributed by atoms with E-state index in [2.05, 4.69) is 22.1 Å². The van der Waals surface area contributed by atoms with Crippen molar-refractivity contribution in [3.05, 3.63) is 46.5 Å². The fourth-order valence-corrected chi connectivity index (χ4v) is 3.25. The van der Waals surface area contributed by atoms with Gasteiger partial charge in [0.15, 0.2) is 0 Å². The van der Waals surface area contributed by atoms with Gasteiger partial charge in [0, 0.05) is 31.5 Å². The SMILES string of the molecule is CC1CCCCN1CCCNC(=O)c1cnc2ccccn2c1=O. The van der Waals surface area contributed by atoms with Gasteiger partial charge in [-0.3, -0.25) is 14.0 Å². The van der Waals surface area contributed by atoms with Gasteiger partial charge in [-0.05, 0) is 44.9 Å². The Hall–Kier alpha value is -2.21. The van der Waals surface area contributed by atoms with Crippen LogP contribution in [0.15, 0.2) is 35.4 Å². The van der Waals surface area contributed by atoms with E-state index in [1.54, 1.807) is 18.3 Å². The lowest BCUT2D eigenvalue weighted by Gasteiger charge is -2.33. The summed E-state index contributed by atoms with van der Waals surface area (Å²) in [4.78, 5) is 31.2. The molecule has 1 N–H and O–H groups in total. The summed E-state index contributed by atoms with van der Waals surface area (Å²) in [6.45, 7) is 4.96. The van der Waals surface area contributed by atoms with Crippen molar-refractivity contribution in [3.63, 3.8) is 0 Å². The van der Waals surface area contributed by atoms with Crippen molar-refractivity contribution in [2.45, 2.75) is 38.6 Å². The lowest BCUT2D eigenvalue weighted by atomic mass is 10.0. The number of nitrogens with zero attached hydrogens (tertiary/aromatic N) is 3. The molecule has 1 unspecified atom stereocenters. The fraction of sp³-hybridized carbons (Fsp3) is 0.500. The summed E-state index contributed by atoms with van der Waals surface area (Å²) in [5, 5.41) is 2.84. The number of nitrogens with one attached hydrogen (secondary N) is 1. The highest BCUT2D eigenvalue weighted by atomic mass is 16.2. The van der Waals surface area contributed by atoms with Crippen LogP contribution in [0.3, 0.4) is 0 Å². The van der Waals surface area contributed by atoms with Crippen LogP contribution in [-0.2, 0) is 0 Å². The first-order valence-corrected chi connectivity index (χ1v) is 8.65. The van der Waals surface area contributed by atoms with Crippen molar-refractivity contribution in [1.29, 1.82) is 0 Å². The topological polar surface area (TPSA) is 66.7 Å². The minimum Gasteiger partial charge on any atom is -0.352 e. The number of hydrogen-bond donors (Lipinski definition) is 1. The summed E-state index contributed by atoms with van der Waals surface area (Å²) < 4.78 is 1.39. The maximum absolute atomic E-state index is 12.3. The summed E-state index contributed by atoms with van der Waals surface area (Å²) in [6.07, 6.45) is 7.70. The van der Waals surface area contributed by atoms with Crippen LogP contribution in [0, 0.1) is 0 Å². The van der Waals surface area contributed by atoms with Crippen LogP contribution in [0.5, 0.6) is 0 Å². The van der Waals surface area contributed by atoms with Crippen LogP contribution in [0.4, 0.5) is 0 Å². The molecule has 6 heteroatoms. The summed E-state index contributed by atoms with van der Waals surface area (Å²) >= 11 is 0. The first-order valence-electron chi connectivity index (χ1n) is 8.65. The van der Waals surface area contributed by atoms with Gasteiger partial charge in [-0.25, -0.2) is 4.98 Å². The number of carbonyl (C=O) groups is 1. The number of fused-ring (bicyclic) bond motifs is 1. The number of pyridine rings is 1. The second kappa shape index (κ2) is 7.57. The van der Waals surface area contributed by atoms with E-state index in [0.29, 0.717) is 18.2 Å². The zero-order valence-electron chi connectivity index (χ0n) is 14.1. The van der Waals surface area contributed by atoms with E-state index in [1.807, 2.05) is 6.07 Å². The van der Waals surface area contributed by atoms with Crippen LogP contribution < -0.4 is 10.9 Å². The predicted molar refractivity (Wildman–Crippen MR) is 93.3 cm³/mol. The molecule has 0 saturated carbocycles. The number of aromatic nitrogens is 2. The Morgan fingerprint density at radius 1 is 1.38 bits per heavy atom. The third-order valence-electron chi connectivity index (χ3n) is 4.71. The van der Waals surface area contributed by atoms with Crippen molar-refractivity contribution in [2.24, 2.45) is 0 Å². The second-order valence-electron chi connectivity index (χ2n) is 6.40. The van der Waals surface area contributed by atoms with E-state index in [4.69, 9.17) is 0 Å². The maximum atomic E-state index is 12.3. The molecule has 0 radical (unpaired) electrons. The van der Waals surface area contributed by atoms with Gasteiger partial charge in [-0.15, -0.1) is 0 Å². The van der Waals surface area contributed by atoms with E-state index in [-0.39, 0.29) is 17.0 Å². The van der Waals surface area contributed by atoms with E-state index >= 15 is 0 Å². The summed E-state index contributed by atoms with van der Waals surface area (Å²) in [6, 6.07) is 5.92. The molecular formula is C18H24N4O2. The highest BCUT2D eigenvalue weighted by molar-refractivity contribution is 5.93. The highest BCUT2D eigenvalue weighted by Gasteiger charge is 2.17. The normalized spacial score (nSPS) is 18.6. The number of piperidine rings is 1. The van der Waals surface area contributed by atoms with Gasteiger partial charge >= 0.3 is 0 Å². The molecule has 1 saturated heterocycles. The quantitative estimate of drug-likeness (QED) is 0.848. The molecule has 6 nitrogen and oxygen atoms in total. The molecule has 2 aromatic rings. The monoisotopic (exact) mass is 328 g/mol. The zero-order valence-corrected chi connectivity index (χ0v) is 14.1. The molecule has 24 heavy (non-hydrogen) atoms. The molecule has 1 aliphatic heterocycles. The molecule has 3 rings (SSSR count). The Bertz CT molecular complexity index is 771. The van der Waals surface area contributed by atoms with E-state index in [1.165, 1.54) is 29.9 Å². The van der Waals surface area contributed by atoms with E-state index < -0.39 is 0 Å². The molecule has 1 atom stereocenters. The van der Waals surface area contributed by atoms with Gasteiger partial charge in [-0.2, -0.15) is 0 Å². The van der Waals surface area contributed by atoms with Crippen LogP contribution in [0.25, 0.3) is 5.65 Å². The van der Waals surface area contributed by atoms with Gasteiger partial charge < -0.3 is 10.2 Å². The summed E-state index contributed by atoms with van der Waals surface area (Å²) in [5.41, 5.74) is 0.297. The standard InChI is InChI=1S/C18H24N4O2/c1-14-7-2-4-10-21(14)11-6-9-19-17(23)15-13-20-16-8-3-5-12-22(16)18(15)24/h3,5,8,12-14H,2,4,6-7,9-11H2,1H3,(H,19,23). The molecule has 128 valence electrons. The van der Waals surface area contributed by atoms with Crippen LogP contribution >= 0.6 is 0 Å². The first-order chi connectivity index (χ1) is 11.7. The van der Waals surface area contributed by atoms with Crippen molar-refractivity contribution in [3.8, 4) is 0 Å². The third-order valence-corrected chi connectivity index (χ3v) is 4.71. The Labute approximate surface area is 141 Å². The lowest BCUT2D eigenvalue weighted by molar-refractivity contribution is 0.0947. The average Bonchev–Trinajstić information content (AvgIpc) is 2.60. The zero-order chi connectivity index (χ0) is 16.9. The Kier molecular flexibility index (Phi) is 5.25. The smallest absolute Gasteiger partial charge is 0.270 e. The second-order valence-corrected chi connectivity index (χ2v) is 6.40. The summed E-state index contributed by atoms with van der Waals surface area (Å²) in [7, 11) is 0. The molecule has 1 aliphatic rings.